The van der Waals surface area contributed by atoms with Gasteiger partial charge in [0.2, 0.25) is 0 Å². The van der Waals surface area contributed by atoms with Crippen LogP contribution in [0.2, 0.25) is 0 Å². The first-order chi connectivity index (χ1) is 3.31. The second kappa shape index (κ2) is 3.44. The Balaban J connectivity index is 3.35. The van der Waals surface area contributed by atoms with Gasteiger partial charge in [-0.3, -0.25) is 0 Å². The van der Waals surface area contributed by atoms with Crippen LogP contribution in [0.1, 0.15) is 6.92 Å². The molecule has 0 spiro atoms. The highest BCUT2D eigenvalue weighted by molar-refractivity contribution is 5.39. The number of carbonyl (C=O) groups excluding carboxylic acids is 1. The van der Waals surface area contributed by atoms with Crippen LogP contribution < -0.4 is 0 Å². The summed E-state index contributed by atoms with van der Waals surface area (Å²) in [5.41, 5.74) is 0. The molecule has 0 amide bonds. The van der Waals surface area contributed by atoms with Crippen molar-refractivity contribution in [1.29, 1.82) is 0 Å². The number of hydrogen-bond acceptors (Lipinski definition) is 2. The fourth-order valence-electron chi connectivity index (χ4n) is 0.157. The van der Waals surface area contributed by atoms with Gasteiger partial charge in [-0.1, -0.05) is 0 Å². The molecule has 0 aliphatic heterocycles. The molecule has 0 saturated carbocycles. The lowest BCUT2D eigenvalue weighted by molar-refractivity contribution is 0.460. The molecule has 0 aromatic carbocycles. The molecule has 0 aromatic heterocycles. The van der Waals surface area contributed by atoms with E-state index in [2.05, 4.69) is 6.20 Å². The van der Waals surface area contributed by atoms with Gasteiger partial charge in [-0.05, 0) is 6.92 Å². The molecule has 7 heavy (non-hydrogen) atoms. The summed E-state index contributed by atoms with van der Waals surface area (Å²) in [7, 11) is 1.77. The maximum atomic E-state index is 9.50. The Morgan fingerprint density at radius 1 is 1.71 bits per heavy atom. The predicted molar refractivity (Wildman–Crippen MR) is 27.2 cm³/mol. The van der Waals surface area contributed by atoms with Gasteiger partial charge in [0.15, 0.2) is 12.1 Å². The minimum Gasteiger partial charge on any atom is -0.364 e. The fraction of sp³-hybridized carbons (Fsp3) is 0.600. The van der Waals surface area contributed by atoms with Crippen LogP contribution in [0.4, 0.5) is 0 Å². The quantitative estimate of drug-likeness (QED) is 0.360. The first-order valence-corrected chi connectivity index (χ1v) is 2.15. The van der Waals surface area contributed by atoms with Crippen molar-refractivity contribution in [1.82, 2.24) is 4.90 Å². The van der Waals surface area contributed by atoms with Gasteiger partial charge >= 0.3 is 0 Å². The molecule has 2 nitrogen and oxygen atoms in total. The molecular weight excluding hydrogens is 90.1 g/mol. The highest BCUT2D eigenvalue weighted by Gasteiger charge is 1.79. The molecule has 0 aliphatic carbocycles. The van der Waals surface area contributed by atoms with Gasteiger partial charge in [0.1, 0.15) is 0 Å². The van der Waals surface area contributed by atoms with Crippen molar-refractivity contribution in [2.24, 2.45) is 0 Å². The van der Waals surface area contributed by atoms with Gasteiger partial charge in [0.25, 0.3) is 0 Å². The summed E-state index contributed by atoms with van der Waals surface area (Å²) < 4.78 is 0. The minimum atomic E-state index is 0.801. The average Bonchev–Trinajstić information content (AvgIpc) is 1.68. The Morgan fingerprint density at radius 3 is 2.43 bits per heavy atom. The van der Waals surface area contributed by atoms with Crippen LogP contribution in [-0.4, -0.2) is 24.4 Å². The van der Waals surface area contributed by atoms with Crippen molar-refractivity contribution in [3.63, 3.8) is 0 Å². The molecule has 0 N–H and O–H groups in total. The van der Waals surface area contributed by atoms with Crippen LogP contribution in [0.15, 0.2) is 0 Å². The van der Waals surface area contributed by atoms with Crippen molar-refractivity contribution in [2.45, 2.75) is 6.92 Å². The van der Waals surface area contributed by atoms with E-state index in [1.165, 1.54) is 0 Å². The topological polar surface area (TPSA) is 20.3 Å². The van der Waals surface area contributed by atoms with E-state index in [-0.39, 0.29) is 0 Å². The Morgan fingerprint density at radius 2 is 2.29 bits per heavy atom. The molecule has 0 rings (SSSR count). The average molecular weight is 98.1 g/mol. The van der Waals surface area contributed by atoms with E-state index in [9.17, 15) is 4.79 Å². The minimum absolute atomic E-state index is 0.801. The van der Waals surface area contributed by atoms with E-state index in [0.29, 0.717) is 0 Å². The number of nitrogens with zero attached hydrogens (tertiary/aromatic N) is 1. The molecular formula is C5H8NO. The lowest BCUT2D eigenvalue weighted by Gasteiger charge is -2.03. The number of rotatable bonds is 2. The molecule has 0 heterocycles. The summed E-state index contributed by atoms with van der Waals surface area (Å²) in [6.45, 7) is 2.74. The first-order valence-electron chi connectivity index (χ1n) is 2.15. The molecule has 0 bridgehead atoms. The molecule has 0 aromatic rings. The zero-order valence-corrected chi connectivity index (χ0v) is 4.56. The van der Waals surface area contributed by atoms with E-state index in [1.807, 2.05) is 6.92 Å². The van der Waals surface area contributed by atoms with Crippen LogP contribution in [-0.2, 0) is 4.79 Å². The third kappa shape index (κ3) is 3.07. The van der Waals surface area contributed by atoms with Crippen LogP contribution in [0.5, 0.6) is 0 Å². The Hall–Kier alpha value is -0.750. The molecule has 0 unspecified atom stereocenters. The lowest BCUT2D eigenvalue weighted by atomic mass is 10.6. The Bertz CT molecular complexity index is 84.1. The summed E-state index contributed by atoms with van der Waals surface area (Å²) in [5, 5.41) is 0. The highest BCUT2D eigenvalue weighted by atomic mass is 16.1. The van der Waals surface area contributed by atoms with Gasteiger partial charge in [0, 0.05) is 13.6 Å². The van der Waals surface area contributed by atoms with Gasteiger partial charge in [-0.25, -0.2) is 4.79 Å². The maximum Gasteiger partial charge on any atom is 0.157 e. The van der Waals surface area contributed by atoms with Gasteiger partial charge < -0.3 is 4.90 Å². The third-order valence-electron chi connectivity index (χ3n) is 0.711. The monoisotopic (exact) mass is 98.1 g/mol. The normalized spacial score (nSPS) is 7.14. The second-order valence-corrected chi connectivity index (χ2v) is 1.23. The van der Waals surface area contributed by atoms with Crippen LogP contribution >= 0.6 is 0 Å². The van der Waals surface area contributed by atoms with E-state index in [4.69, 9.17) is 0 Å². The molecule has 0 atom stereocenters. The highest BCUT2D eigenvalue weighted by Crippen LogP contribution is 1.72. The molecule has 0 fully saturated rings. The Labute approximate surface area is 43.4 Å². The molecule has 1 radical (unpaired) electrons. The molecule has 2 heteroatoms. The zero-order valence-electron chi connectivity index (χ0n) is 4.56. The van der Waals surface area contributed by atoms with E-state index < -0.39 is 0 Å². The maximum absolute atomic E-state index is 9.50. The summed E-state index contributed by atoms with van der Waals surface area (Å²) >= 11 is 0. The molecule has 0 saturated heterocycles. The summed E-state index contributed by atoms with van der Waals surface area (Å²) in [6.07, 6.45) is 2.32. The van der Waals surface area contributed by atoms with Gasteiger partial charge in [-0.2, -0.15) is 0 Å². The van der Waals surface area contributed by atoms with Crippen molar-refractivity contribution in [3.05, 3.63) is 6.20 Å². The third-order valence-corrected chi connectivity index (χ3v) is 0.711. The first kappa shape index (κ1) is 6.25. The van der Waals surface area contributed by atoms with Crippen molar-refractivity contribution in [3.8, 4) is 0 Å². The molecule has 0 aliphatic rings. The van der Waals surface area contributed by atoms with E-state index in [1.54, 1.807) is 17.9 Å². The van der Waals surface area contributed by atoms with Gasteiger partial charge in [-0.15, -0.1) is 0 Å². The lowest BCUT2D eigenvalue weighted by Crippen LogP contribution is -2.09. The summed E-state index contributed by atoms with van der Waals surface area (Å²) in [6, 6.07) is 0. The number of hydrogen-bond donors (Lipinski definition) is 0. The SMILES string of the molecule is CCN(C)[C]=C=O. The van der Waals surface area contributed by atoms with E-state index in [0.717, 1.165) is 6.54 Å². The fourth-order valence-corrected chi connectivity index (χ4v) is 0.157. The summed E-state index contributed by atoms with van der Waals surface area (Å²) in [4.78, 5) is 11.1. The smallest absolute Gasteiger partial charge is 0.157 e. The van der Waals surface area contributed by atoms with Crippen molar-refractivity contribution < 1.29 is 4.79 Å². The van der Waals surface area contributed by atoms with E-state index >= 15 is 0 Å². The predicted octanol–water partition coefficient (Wildman–Crippen LogP) is 0.0866. The summed E-state index contributed by atoms with van der Waals surface area (Å²) in [5.74, 6) is 1.54. The standard InChI is InChI=1S/C5H8NO/c1-3-6(2)4-5-7/h3H2,1-2H3. The largest absolute Gasteiger partial charge is 0.364 e. The zero-order chi connectivity index (χ0) is 5.70. The van der Waals surface area contributed by atoms with Gasteiger partial charge in [0.05, 0.1) is 0 Å². The van der Waals surface area contributed by atoms with Crippen molar-refractivity contribution >= 4 is 5.94 Å². The molecule has 39 valence electrons. The van der Waals surface area contributed by atoms with Crippen LogP contribution in [0, 0.1) is 6.20 Å². The van der Waals surface area contributed by atoms with Crippen molar-refractivity contribution in [2.75, 3.05) is 13.6 Å². The van der Waals surface area contributed by atoms with Crippen LogP contribution in [0.25, 0.3) is 0 Å². The second-order valence-electron chi connectivity index (χ2n) is 1.23. The Kier molecular flexibility index (Phi) is 3.07. The van der Waals surface area contributed by atoms with Crippen LogP contribution in [0.3, 0.4) is 0 Å².